The maximum absolute atomic E-state index is 11.6. The lowest BCUT2D eigenvalue weighted by Gasteiger charge is -2.22. The van der Waals surface area contributed by atoms with Gasteiger partial charge in [0.15, 0.2) is 0 Å². The van der Waals surface area contributed by atoms with Crippen molar-refractivity contribution in [1.82, 2.24) is 10.6 Å². The van der Waals surface area contributed by atoms with Crippen LogP contribution in [0, 0.1) is 11.8 Å². The van der Waals surface area contributed by atoms with Crippen molar-refractivity contribution >= 4 is 37.6 Å². The van der Waals surface area contributed by atoms with Crippen molar-refractivity contribution in [1.29, 1.82) is 0 Å². The van der Waals surface area contributed by atoms with Gasteiger partial charge >= 0.3 is 24.1 Å². The van der Waals surface area contributed by atoms with Crippen molar-refractivity contribution in [3.05, 3.63) is 25.3 Å². The molecule has 0 aromatic heterocycles. The third-order valence-corrected chi connectivity index (χ3v) is 5.15. The Balaban J connectivity index is 0.000000642. The molecule has 0 aliphatic heterocycles. The molecule has 0 radical (unpaired) electrons. The third-order valence-electron chi connectivity index (χ3n) is 5.15. The van der Waals surface area contributed by atoms with E-state index in [-0.39, 0.29) is 25.3 Å². The van der Waals surface area contributed by atoms with Gasteiger partial charge in [-0.05, 0) is 54.4 Å². The number of carbonyl (C=O) groups is 4. The van der Waals surface area contributed by atoms with Crippen LogP contribution in [0.2, 0.25) is 0 Å². The fourth-order valence-electron chi connectivity index (χ4n) is 3.34. The first-order valence-corrected chi connectivity index (χ1v) is 10.9. The van der Waals surface area contributed by atoms with Gasteiger partial charge < -0.3 is 29.6 Å². The van der Waals surface area contributed by atoms with Crippen molar-refractivity contribution in [2.45, 2.75) is 76.7 Å². The summed E-state index contributed by atoms with van der Waals surface area (Å²) in [4.78, 5) is 46.5. The van der Waals surface area contributed by atoms with Crippen LogP contribution in [0.3, 0.4) is 0 Å². The van der Waals surface area contributed by atoms with E-state index in [1.54, 1.807) is 53.7 Å². The van der Waals surface area contributed by atoms with Gasteiger partial charge in [-0.2, -0.15) is 13.5 Å². The van der Waals surface area contributed by atoms with Crippen LogP contribution in [0.25, 0.3) is 0 Å². The molecule has 0 heterocycles. The number of nitrogens with one attached hydrogen (secondary N) is 2. The molecule has 200 valence electrons. The van der Waals surface area contributed by atoms with E-state index in [1.807, 2.05) is 0 Å². The van der Waals surface area contributed by atoms with Crippen LogP contribution in [0.5, 0.6) is 0 Å². The first-order chi connectivity index (χ1) is 15.5. The summed E-state index contributed by atoms with van der Waals surface area (Å²) in [5.74, 6) is -1.12. The van der Waals surface area contributed by atoms with Crippen molar-refractivity contribution in [2.75, 3.05) is 14.2 Å². The average molecular weight is 517 g/mol. The van der Waals surface area contributed by atoms with Gasteiger partial charge in [-0.1, -0.05) is 12.2 Å². The summed E-state index contributed by atoms with van der Waals surface area (Å²) in [5, 5.41) is 5.14. The zero-order chi connectivity index (χ0) is 26.5. The molecule has 0 saturated heterocycles. The molecule has 2 saturated carbocycles. The lowest BCUT2D eigenvalue weighted by atomic mass is 10.2. The lowest BCUT2D eigenvalue weighted by molar-refractivity contribution is -0.145. The number of hydrogen-bond acceptors (Lipinski definition) is 8. The number of ether oxygens (including phenoxy) is 4. The topological polar surface area (TPSA) is 129 Å². The number of rotatable bonds is 6. The molecule has 2 aliphatic rings. The van der Waals surface area contributed by atoms with Crippen LogP contribution in [-0.2, 0) is 28.5 Å². The van der Waals surface area contributed by atoms with E-state index in [0.717, 1.165) is 0 Å². The minimum absolute atomic E-state index is 0. The standard InChI is InChI=1S/2C12H19NO4.H2S/c2*1-6-8-7-12(8,9(14)16-5)13-10(15)17-11(2,3)4;/h2*6,8H,1,7H2,2-5H3,(H,13,15);1H2/t2*8-,12-;/m11./s1. The highest BCUT2D eigenvalue weighted by Crippen LogP contribution is 2.46. The molecule has 2 amide bonds. The van der Waals surface area contributed by atoms with E-state index in [4.69, 9.17) is 9.47 Å². The number of carbonyl (C=O) groups excluding carboxylic acids is 4. The SMILES string of the molecule is C=C[C@@H]1C[C@]1(NC(=O)OC(C)(C)C)C(=O)OC.C=C[C@@H]1C[C@]1(NC(=O)OC(C)(C)C)C(=O)OC.S. The Morgan fingerprint density at radius 3 is 1.20 bits per heavy atom. The highest BCUT2D eigenvalue weighted by Gasteiger charge is 2.62. The molecule has 2 N–H and O–H groups in total. The van der Waals surface area contributed by atoms with E-state index in [2.05, 4.69) is 33.3 Å². The summed E-state index contributed by atoms with van der Waals surface area (Å²) in [6.45, 7) is 17.8. The summed E-state index contributed by atoms with van der Waals surface area (Å²) in [6.07, 6.45) is 3.03. The van der Waals surface area contributed by atoms with Gasteiger partial charge in [-0.3, -0.25) is 0 Å². The van der Waals surface area contributed by atoms with Gasteiger partial charge in [-0.15, -0.1) is 13.2 Å². The summed E-state index contributed by atoms with van der Waals surface area (Å²) in [7, 11) is 2.58. The molecule has 0 spiro atoms. The van der Waals surface area contributed by atoms with Gasteiger partial charge in [0.25, 0.3) is 0 Å². The number of esters is 2. The van der Waals surface area contributed by atoms with Crippen LogP contribution >= 0.6 is 13.5 Å². The van der Waals surface area contributed by atoms with E-state index in [1.165, 1.54) is 14.2 Å². The van der Waals surface area contributed by atoms with Crippen LogP contribution < -0.4 is 10.6 Å². The molecule has 2 aliphatic carbocycles. The maximum atomic E-state index is 11.6. The van der Waals surface area contributed by atoms with E-state index >= 15 is 0 Å². The smallest absolute Gasteiger partial charge is 0.408 e. The second kappa shape index (κ2) is 11.8. The summed E-state index contributed by atoms with van der Waals surface area (Å²) in [5.41, 5.74) is -3.17. The number of hydrogen-bond donors (Lipinski definition) is 2. The quantitative estimate of drug-likeness (QED) is 0.312. The predicted molar refractivity (Wildman–Crippen MR) is 135 cm³/mol. The molecule has 0 unspecified atom stereocenters. The molecule has 10 nitrogen and oxygen atoms in total. The van der Waals surface area contributed by atoms with Gasteiger partial charge in [0.05, 0.1) is 14.2 Å². The highest BCUT2D eigenvalue weighted by atomic mass is 32.1. The van der Waals surface area contributed by atoms with Crippen molar-refractivity contribution in [3.63, 3.8) is 0 Å². The number of amides is 2. The Labute approximate surface area is 214 Å². The fraction of sp³-hybridized carbons (Fsp3) is 0.667. The predicted octanol–water partition coefficient (Wildman–Crippen LogP) is 3.37. The highest BCUT2D eigenvalue weighted by molar-refractivity contribution is 7.59. The zero-order valence-corrected chi connectivity index (χ0v) is 22.9. The van der Waals surface area contributed by atoms with Gasteiger partial charge in [0.2, 0.25) is 0 Å². The summed E-state index contributed by atoms with van der Waals surface area (Å²) in [6, 6.07) is 0. The third kappa shape index (κ3) is 8.79. The first-order valence-electron chi connectivity index (χ1n) is 10.9. The Morgan fingerprint density at radius 1 is 0.743 bits per heavy atom. The zero-order valence-electron chi connectivity index (χ0n) is 21.9. The molecular formula is C24H40N2O8S. The van der Waals surface area contributed by atoms with Crippen LogP contribution in [0.4, 0.5) is 9.59 Å². The van der Waals surface area contributed by atoms with E-state index in [9.17, 15) is 19.2 Å². The Morgan fingerprint density at radius 2 is 1.03 bits per heavy atom. The molecule has 2 rings (SSSR count). The minimum atomic E-state index is -0.987. The average Bonchev–Trinajstić information content (AvgIpc) is 3.59. The van der Waals surface area contributed by atoms with Gasteiger partial charge in [-0.25, -0.2) is 19.2 Å². The Kier molecular flexibility index (Phi) is 10.9. The first kappa shape index (κ1) is 32.3. The molecule has 35 heavy (non-hydrogen) atoms. The molecule has 2 fully saturated rings. The number of methoxy groups -OCH3 is 2. The molecule has 0 aromatic rings. The van der Waals surface area contributed by atoms with Gasteiger partial charge in [0.1, 0.15) is 22.3 Å². The Bertz CT molecular complexity index is 764. The fourth-order valence-corrected chi connectivity index (χ4v) is 3.34. The van der Waals surface area contributed by atoms with E-state index in [0.29, 0.717) is 12.8 Å². The van der Waals surface area contributed by atoms with Crippen LogP contribution in [0.15, 0.2) is 25.3 Å². The van der Waals surface area contributed by atoms with Crippen LogP contribution in [0.1, 0.15) is 54.4 Å². The van der Waals surface area contributed by atoms with Crippen molar-refractivity contribution in [2.24, 2.45) is 11.8 Å². The molecular weight excluding hydrogens is 476 g/mol. The monoisotopic (exact) mass is 516 g/mol. The molecule has 4 atom stereocenters. The molecule has 0 aromatic carbocycles. The minimum Gasteiger partial charge on any atom is -0.467 e. The number of alkyl carbamates (subject to hydrolysis) is 2. The molecule has 0 bridgehead atoms. The second-order valence-corrected chi connectivity index (χ2v) is 10.3. The Hall–Kier alpha value is -2.69. The largest absolute Gasteiger partial charge is 0.467 e. The second-order valence-electron chi connectivity index (χ2n) is 10.3. The van der Waals surface area contributed by atoms with E-state index < -0.39 is 46.4 Å². The van der Waals surface area contributed by atoms with Crippen molar-refractivity contribution < 1.29 is 38.1 Å². The molecule has 11 heteroatoms. The van der Waals surface area contributed by atoms with Crippen LogP contribution in [-0.4, -0.2) is 60.6 Å². The lowest BCUT2D eigenvalue weighted by Crippen LogP contribution is -2.47. The normalized spacial score (nSPS) is 26.2. The van der Waals surface area contributed by atoms with Crippen molar-refractivity contribution in [3.8, 4) is 0 Å². The van der Waals surface area contributed by atoms with Gasteiger partial charge in [0, 0.05) is 11.8 Å². The maximum Gasteiger partial charge on any atom is 0.408 e. The summed E-state index contributed by atoms with van der Waals surface area (Å²) < 4.78 is 19.6. The summed E-state index contributed by atoms with van der Waals surface area (Å²) >= 11 is 0.